The normalized spacial score (nSPS) is 17.8. The van der Waals surface area contributed by atoms with Crippen molar-refractivity contribution in [1.82, 2.24) is 19.4 Å². The molecule has 1 saturated carbocycles. The number of aromatic amines is 1. The maximum atomic E-state index is 13.8. The minimum absolute atomic E-state index is 0.0698. The van der Waals surface area contributed by atoms with Gasteiger partial charge in [-0.2, -0.15) is 0 Å². The Morgan fingerprint density at radius 1 is 1.03 bits per heavy atom. The van der Waals surface area contributed by atoms with Crippen molar-refractivity contribution in [3.8, 4) is 0 Å². The number of benzene rings is 1. The second-order valence-electron chi connectivity index (χ2n) is 10.1. The van der Waals surface area contributed by atoms with Gasteiger partial charge in [-0.3, -0.25) is 28.9 Å². The van der Waals surface area contributed by atoms with Crippen molar-refractivity contribution in [2.75, 3.05) is 43.4 Å². The summed E-state index contributed by atoms with van der Waals surface area (Å²) in [6, 6.07) is 10.4. The highest BCUT2D eigenvalue weighted by Crippen LogP contribution is 2.29. The molecule has 0 spiro atoms. The predicted molar refractivity (Wildman–Crippen MR) is 143 cm³/mol. The maximum absolute atomic E-state index is 13.8. The van der Waals surface area contributed by atoms with E-state index in [1.54, 1.807) is 4.90 Å². The van der Waals surface area contributed by atoms with Gasteiger partial charge < -0.3 is 10.6 Å². The average Bonchev–Trinajstić information content (AvgIpc) is 3.30. The number of nitrogens with zero attached hydrogens (tertiary/aromatic N) is 4. The molecule has 196 valence electrons. The number of nitrogen functional groups attached to an aromatic ring is 1. The predicted octanol–water partition coefficient (Wildman–Crippen LogP) is 2.40. The Balaban J connectivity index is 1.51. The van der Waals surface area contributed by atoms with E-state index in [9.17, 15) is 14.4 Å². The minimum Gasteiger partial charge on any atom is -0.383 e. The molecule has 1 saturated heterocycles. The van der Waals surface area contributed by atoms with Crippen LogP contribution in [0.5, 0.6) is 0 Å². The Labute approximate surface area is 212 Å². The molecule has 0 atom stereocenters. The van der Waals surface area contributed by atoms with Crippen molar-refractivity contribution in [3.63, 3.8) is 0 Å². The van der Waals surface area contributed by atoms with Gasteiger partial charge in [-0.15, -0.1) is 0 Å². The van der Waals surface area contributed by atoms with Crippen molar-refractivity contribution in [3.05, 3.63) is 56.7 Å². The Bertz CT molecular complexity index is 1120. The van der Waals surface area contributed by atoms with E-state index < -0.39 is 11.2 Å². The number of unbranched alkanes of at least 4 members (excludes halogenated alkanes) is 1. The van der Waals surface area contributed by atoms with E-state index in [1.807, 2.05) is 13.0 Å². The molecule has 1 aliphatic carbocycles. The van der Waals surface area contributed by atoms with E-state index in [4.69, 9.17) is 5.73 Å². The Morgan fingerprint density at radius 2 is 1.72 bits per heavy atom. The first-order valence-electron chi connectivity index (χ1n) is 13.4. The standard InChI is InChI=1S/C27H40N6O3/c1-2-3-16-32-25(28)24(26(35)29-27(32)36)33(22-12-7-8-13-22)23(34)20-31-15-9-14-30(17-18-31)19-21-10-5-4-6-11-21/h4-6,10-11,22H,2-3,7-9,12-20,28H2,1H3,(H,29,35,36). The number of carbonyl (C=O) groups is 1. The van der Waals surface area contributed by atoms with E-state index in [0.29, 0.717) is 6.54 Å². The second-order valence-corrected chi connectivity index (χ2v) is 10.1. The molecule has 9 heteroatoms. The Hall–Kier alpha value is -2.91. The third-order valence-electron chi connectivity index (χ3n) is 7.44. The number of amides is 1. The SMILES string of the molecule is CCCCn1c(N)c(N(C(=O)CN2CCCN(Cc3ccccc3)CC2)C2CCCC2)c(=O)[nH]c1=O. The van der Waals surface area contributed by atoms with Crippen LogP contribution in [-0.2, 0) is 17.9 Å². The molecule has 1 aromatic carbocycles. The lowest BCUT2D eigenvalue weighted by atomic mass is 10.1. The summed E-state index contributed by atoms with van der Waals surface area (Å²) in [6.45, 7) is 7.09. The summed E-state index contributed by atoms with van der Waals surface area (Å²) in [5.41, 5.74) is 6.76. The smallest absolute Gasteiger partial charge is 0.330 e. The molecule has 9 nitrogen and oxygen atoms in total. The van der Waals surface area contributed by atoms with Crippen LogP contribution in [0.1, 0.15) is 57.4 Å². The zero-order valence-electron chi connectivity index (χ0n) is 21.5. The molecule has 2 fully saturated rings. The van der Waals surface area contributed by atoms with Gasteiger partial charge in [0.25, 0.3) is 5.56 Å². The molecule has 1 aliphatic heterocycles. The van der Waals surface area contributed by atoms with Crippen molar-refractivity contribution >= 4 is 17.4 Å². The third-order valence-corrected chi connectivity index (χ3v) is 7.44. The van der Waals surface area contributed by atoms with E-state index in [-0.39, 0.29) is 30.0 Å². The fourth-order valence-electron chi connectivity index (χ4n) is 5.47. The van der Waals surface area contributed by atoms with Gasteiger partial charge >= 0.3 is 5.69 Å². The lowest BCUT2D eigenvalue weighted by molar-refractivity contribution is -0.120. The molecule has 2 heterocycles. The van der Waals surface area contributed by atoms with Gasteiger partial charge in [0, 0.05) is 32.2 Å². The number of H-pyrrole nitrogens is 1. The summed E-state index contributed by atoms with van der Waals surface area (Å²) in [7, 11) is 0. The van der Waals surface area contributed by atoms with E-state index in [1.165, 1.54) is 10.1 Å². The van der Waals surface area contributed by atoms with Crippen LogP contribution in [0.4, 0.5) is 11.5 Å². The van der Waals surface area contributed by atoms with Crippen LogP contribution in [0.2, 0.25) is 0 Å². The van der Waals surface area contributed by atoms with Crippen molar-refractivity contribution in [2.24, 2.45) is 0 Å². The maximum Gasteiger partial charge on any atom is 0.330 e. The van der Waals surface area contributed by atoms with E-state index in [2.05, 4.69) is 39.0 Å². The molecule has 3 N–H and O–H groups in total. The largest absolute Gasteiger partial charge is 0.383 e. The number of nitrogens with two attached hydrogens (primary N) is 1. The number of hydrogen-bond acceptors (Lipinski definition) is 6. The van der Waals surface area contributed by atoms with E-state index >= 15 is 0 Å². The molecule has 0 bridgehead atoms. The van der Waals surface area contributed by atoms with Crippen molar-refractivity contribution in [2.45, 2.75) is 71.0 Å². The van der Waals surface area contributed by atoms with Crippen LogP contribution >= 0.6 is 0 Å². The summed E-state index contributed by atoms with van der Waals surface area (Å²) < 4.78 is 1.41. The summed E-state index contributed by atoms with van der Waals surface area (Å²) in [5, 5.41) is 0. The van der Waals surface area contributed by atoms with E-state index in [0.717, 1.165) is 77.7 Å². The molecule has 2 aliphatic rings. The fraction of sp³-hybridized carbons (Fsp3) is 0.593. The molecule has 0 unspecified atom stereocenters. The zero-order chi connectivity index (χ0) is 25.5. The van der Waals surface area contributed by atoms with Gasteiger partial charge in [0.15, 0.2) is 5.69 Å². The Kier molecular flexibility index (Phi) is 8.98. The van der Waals surface area contributed by atoms with Gasteiger partial charge in [0.2, 0.25) is 5.91 Å². The third kappa shape index (κ3) is 6.25. The van der Waals surface area contributed by atoms with Crippen molar-refractivity contribution < 1.29 is 4.79 Å². The molecule has 4 rings (SSSR count). The zero-order valence-corrected chi connectivity index (χ0v) is 21.5. The van der Waals surface area contributed by atoms with Crippen LogP contribution in [0.15, 0.2) is 39.9 Å². The first-order chi connectivity index (χ1) is 17.5. The molecule has 36 heavy (non-hydrogen) atoms. The number of rotatable bonds is 9. The molecule has 2 aromatic rings. The van der Waals surface area contributed by atoms with Crippen LogP contribution in [0, 0.1) is 0 Å². The van der Waals surface area contributed by atoms with Crippen molar-refractivity contribution in [1.29, 1.82) is 0 Å². The van der Waals surface area contributed by atoms with Gasteiger partial charge in [0.1, 0.15) is 5.82 Å². The van der Waals surface area contributed by atoms with Crippen LogP contribution in [-0.4, -0.2) is 64.0 Å². The molecular formula is C27H40N6O3. The number of carbonyl (C=O) groups excluding carboxylic acids is 1. The minimum atomic E-state index is -0.574. The second kappa shape index (κ2) is 12.4. The average molecular weight is 497 g/mol. The van der Waals surface area contributed by atoms with Gasteiger partial charge in [-0.1, -0.05) is 56.5 Å². The molecule has 0 radical (unpaired) electrons. The number of nitrogens with one attached hydrogen (secondary N) is 1. The van der Waals surface area contributed by atoms with Gasteiger partial charge in [-0.25, -0.2) is 4.79 Å². The van der Waals surface area contributed by atoms with Crippen LogP contribution in [0.3, 0.4) is 0 Å². The number of anilines is 2. The monoisotopic (exact) mass is 496 g/mol. The number of hydrogen-bond donors (Lipinski definition) is 2. The lowest BCUT2D eigenvalue weighted by Gasteiger charge is -2.32. The first kappa shape index (κ1) is 26.2. The van der Waals surface area contributed by atoms with Gasteiger partial charge in [-0.05, 0) is 44.3 Å². The highest BCUT2D eigenvalue weighted by molar-refractivity contribution is 5.97. The summed E-state index contributed by atoms with van der Waals surface area (Å²) in [5.74, 6) is -0.0151. The lowest BCUT2D eigenvalue weighted by Crippen LogP contribution is -2.49. The summed E-state index contributed by atoms with van der Waals surface area (Å²) in [4.78, 5) is 47.9. The topological polar surface area (TPSA) is 108 Å². The van der Waals surface area contributed by atoms with Crippen LogP contribution < -0.4 is 21.9 Å². The number of aromatic nitrogens is 2. The Morgan fingerprint density at radius 3 is 2.44 bits per heavy atom. The highest BCUT2D eigenvalue weighted by Gasteiger charge is 2.33. The molecular weight excluding hydrogens is 456 g/mol. The fourth-order valence-corrected chi connectivity index (χ4v) is 5.47. The highest BCUT2D eigenvalue weighted by atomic mass is 16.2. The first-order valence-corrected chi connectivity index (χ1v) is 13.4. The quantitative estimate of drug-likeness (QED) is 0.552. The van der Waals surface area contributed by atoms with Gasteiger partial charge in [0.05, 0.1) is 6.54 Å². The molecule has 1 aromatic heterocycles. The summed E-state index contributed by atoms with van der Waals surface area (Å²) in [6.07, 6.45) is 6.34. The molecule has 1 amide bonds. The summed E-state index contributed by atoms with van der Waals surface area (Å²) >= 11 is 0. The van der Waals surface area contributed by atoms with Crippen LogP contribution in [0.25, 0.3) is 0 Å².